The summed E-state index contributed by atoms with van der Waals surface area (Å²) in [6.07, 6.45) is 0.689. The fraction of sp³-hybridized carbons (Fsp3) is 0.294. The van der Waals surface area contributed by atoms with Gasteiger partial charge in [0.25, 0.3) is 10.9 Å². The average Bonchev–Trinajstić information content (AvgIpc) is 3.14. The smallest absolute Gasteiger partial charge is 0.253 e. The lowest BCUT2D eigenvalue weighted by Gasteiger charge is -2.20. The lowest BCUT2D eigenvalue weighted by Crippen LogP contribution is -2.37. The van der Waals surface area contributed by atoms with Gasteiger partial charge in [0.05, 0.1) is 11.7 Å². The van der Waals surface area contributed by atoms with E-state index in [9.17, 15) is 14.7 Å². The number of thiophene rings is 1. The fourth-order valence-corrected chi connectivity index (χ4v) is 3.20. The lowest BCUT2D eigenvalue weighted by molar-refractivity contribution is 0.452. The van der Waals surface area contributed by atoms with Crippen molar-refractivity contribution in [1.29, 1.82) is 0 Å². The highest BCUT2D eigenvalue weighted by Crippen LogP contribution is 2.36. The first kappa shape index (κ1) is 16.3. The summed E-state index contributed by atoms with van der Waals surface area (Å²) in [5.41, 5.74) is -0.328. The van der Waals surface area contributed by atoms with Gasteiger partial charge in [0, 0.05) is 10.3 Å². The van der Waals surface area contributed by atoms with Gasteiger partial charge in [-0.3, -0.25) is 9.59 Å². The Hall–Kier alpha value is -2.54. The first-order valence-electron chi connectivity index (χ1n) is 7.62. The van der Waals surface area contributed by atoms with Crippen molar-refractivity contribution in [2.24, 2.45) is 0 Å². The molecule has 126 valence electrons. The van der Waals surface area contributed by atoms with Crippen LogP contribution in [0.2, 0.25) is 0 Å². The van der Waals surface area contributed by atoms with E-state index in [0.29, 0.717) is 17.9 Å². The molecule has 3 N–H and O–H groups in total. The minimum absolute atomic E-state index is 0.0905. The predicted octanol–water partition coefficient (Wildman–Crippen LogP) is 3.57. The fourth-order valence-electron chi connectivity index (χ4n) is 2.51. The van der Waals surface area contributed by atoms with E-state index < -0.39 is 10.9 Å². The molecule has 0 unspecified atom stereocenters. The zero-order valence-electron chi connectivity index (χ0n) is 13.6. The molecule has 3 rings (SSSR count). The van der Waals surface area contributed by atoms with E-state index >= 15 is 0 Å². The van der Waals surface area contributed by atoms with Gasteiger partial charge in [0.2, 0.25) is 0 Å². The molecule has 3 aromatic rings. The van der Waals surface area contributed by atoms with Crippen LogP contribution < -0.4 is 21.5 Å². The van der Waals surface area contributed by atoms with E-state index in [1.807, 2.05) is 26.0 Å². The van der Waals surface area contributed by atoms with Crippen molar-refractivity contribution >= 4 is 28.4 Å². The maximum absolute atomic E-state index is 11.9. The van der Waals surface area contributed by atoms with E-state index in [0.717, 1.165) is 10.6 Å². The molecular weight excluding hydrogens is 328 g/mol. The molecule has 2 heterocycles. The molecule has 0 aliphatic rings. The summed E-state index contributed by atoms with van der Waals surface area (Å²) in [6, 6.07) is 3.50. The van der Waals surface area contributed by atoms with Crippen molar-refractivity contribution in [2.75, 3.05) is 10.6 Å². The summed E-state index contributed by atoms with van der Waals surface area (Å²) >= 11 is 1.36. The molecule has 0 aliphatic carbocycles. The number of aromatic hydroxyl groups is 1. The van der Waals surface area contributed by atoms with Crippen molar-refractivity contribution in [3.63, 3.8) is 0 Å². The second-order valence-electron chi connectivity index (χ2n) is 5.64. The van der Waals surface area contributed by atoms with E-state index in [4.69, 9.17) is 4.42 Å². The molecule has 0 amide bonds. The monoisotopic (exact) mass is 346 g/mol. The minimum Gasteiger partial charge on any atom is -0.505 e. The van der Waals surface area contributed by atoms with Gasteiger partial charge in [-0.15, -0.1) is 11.3 Å². The Morgan fingerprint density at radius 3 is 2.46 bits per heavy atom. The molecule has 0 spiro atoms. The molecule has 1 aromatic carbocycles. The molecule has 0 fully saturated rings. The quantitative estimate of drug-likeness (QED) is 0.591. The van der Waals surface area contributed by atoms with Gasteiger partial charge in [0.1, 0.15) is 22.9 Å². The molecule has 0 saturated heterocycles. The average molecular weight is 346 g/mol. The maximum atomic E-state index is 11.9. The van der Waals surface area contributed by atoms with E-state index in [-0.39, 0.29) is 23.2 Å². The number of hydrogen-bond acceptors (Lipinski definition) is 7. The van der Waals surface area contributed by atoms with Crippen LogP contribution in [0.25, 0.3) is 0 Å². The van der Waals surface area contributed by atoms with E-state index in [1.165, 1.54) is 11.3 Å². The highest BCUT2D eigenvalue weighted by molar-refractivity contribution is 7.10. The number of furan rings is 1. The largest absolute Gasteiger partial charge is 0.505 e. The van der Waals surface area contributed by atoms with Crippen LogP contribution in [0.15, 0.2) is 31.5 Å². The Morgan fingerprint density at radius 1 is 1.21 bits per heavy atom. The highest BCUT2D eigenvalue weighted by atomic mass is 32.1. The third kappa shape index (κ3) is 2.71. The van der Waals surface area contributed by atoms with Gasteiger partial charge in [-0.2, -0.15) is 0 Å². The SMILES string of the molecule is CC[C@@H](Nc1c(Nc2csc(C)c2O)c(=O)c1=O)c1ccc(C)o1. The summed E-state index contributed by atoms with van der Waals surface area (Å²) in [7, 11) is 0. The molecule has 6 nitrogen and oxygen atoms in total. The molecule has 0 aliphatic heterocycles. The molecule has 7 heteroatoms. The minimum atomic E-state index is -0.591. The number of rotatable bonds is 6. The molecule has 0 bridgehead atoms. The van der Waals surface area contributed by atoms with Crippen molar-refractivity contribution in [3.8, 4) is 5.75 Å². The van der Waals surface area contributed by atoms with Crippen LogP contribution in [-0.4, -0.2) is 5.11 Å². The molecule has 0 saturated carbocycles. The number of nitrogens with one attached hydrogen (secondary N) is 2. The first-order chi connectivity index (χ1) is 11.4. The van der Waals surface area contributed by atoms with Crippen molar-refractivity contribution in [2.45, 2.75) is 33.2 Å². The first-order valence-corrected chi connectivity index (χ1v) is 8.50. The van der Waals surface area contributed by atoms with Crippen LogP contribution in [0.4, 0.5) is 17.1 Å². The third-order valence-corrected chi connectivity index (χ3v) is 4.84. The van der Waals surface area contributed by atoms with Crippen LogP contribution in [0.3, 0.4) is 0 Å². The maximum Gasteiger partial charge on any atom is 0.253 e. The van der Waals surface area contributed by atoms with Gasteiger partial charge in [-0.25, -0.2) is 0 Å². The standard InChI is InChI=1S/C17H18N2O4S/c1-4-10(12-6-5-8(2)23-12)18-13-14(17(22)16(13)21)19-11-7-24-9(3)15(11)20/h5-7,10,18-20H,4H2,1-3H3/t10-/m1/s1. The Balaban J connectivity index is 1.87. The van der Waals surface area contributed by atoms with E-state index in [2.05, 4.69) is 10.6 Å². The van der Waals surface area contributed by atoms with Crippen LogP contribution in [0.1, 0.15) is 35.8 Å². The van der Waals surface area contributed by atoms with Gasteiger partial charge in [0.15, 0.2) is 5.75 Å². The summed E-state index contributed by atoms with van der Waals surface area (Å²) in [5.74, 6) is 1.59. The van der Waals surface area contributed by atoms with Crippen LogP contribution in [0, 0.1) is 13.8 Å². The molecular formula is C17H18N2O4S. The molecule has 2 aromatic heterocycles. The highest BCUT2D eigenvalue weighted by Gasteiger charge is 2.25. The second kappa shape index (κ2) is 6.16. The lowest BCUT2D eigenvalue weighted by atomic mass is 10.1. The zero-order chi connectivity index (χ0) is 17.4. The summed E-state index contributed by atoms with van der Waals surface area (Å²) < 4.78 is 5.60. The summed E-state index contributed by atoms with van der Waals surface area (Å²) in [4.78, 5) is 24.6. The Bertz CT molecular complexity index is 946. The molecule has 0 radical (unpaired) electrons. The Morgan fingerprint density at radius 2 is 1.92 bits per heavy atom. The number of hydrogen-bond donors (Lipinski definition) is 3. The van der Waals surface area contributed by atoms with Crippen molar-refractivity contribution < 1.29 is 9.52 Å². The number of aryl methyl sites for hydroxylation is 2. The molecule has 1 atom stereocenters. The Labute approximate surface area is 142 Å². The number of anilines is 3. The van der Waals surface area contributed by atoms with Crippen LogP contribution in [-0.2, 0) is 0 Å². The normalized spacial score (nSPS) is 12.5. The van der Waals surface area contributed by atoms with Gasteiger partial charge in [-0.05, 0) is 32.4 Å². The van der Waals surface area contributed by atoms with Crippen molar-refractivity contribution in [3.05, 3.63) is 54.4 Å². The van der Waals surface area contributed by atoms with Crippen LogP contribution >= 0.6 is 11.3 Å². The predicted molar refractivity (Wildman–Crippen MR) is 95.5 cm³/mol. The Kier molecular flexibility index (Phi) is 4.19. The van der Waals surface area contributed by atoms with Crippen LogP contribution in [0.5, 0.6) is 5.75 Å². The molecule has 24 heavy (non-hydrogen) atoms. The summed E-state index contributed by atoms with van der Waals surface area (Å²) in [5, 5.41) is 17.6. The van der Waals surface area contributed by atoms with Gasteiger partial charge >= 0.3 is 0 Å². The zero-order valence-corrected chi connectivity index (χ0v) is 14.4. The second-order valence-corrected chi connectivity index (χ2v) is 6.72. The van der Waals surface area contributed by atoms with Gasteiger partial charge < -0.3 is 20.2 Å². The summed E-state index contributed by atoms with van der Waals surface area (Å²) in [6.45, 7) is 5.59. The third-order valence-electron chi connectivity index (χ3n) is 3.94. The topological polar surface area (TPSA) is 91.6 Å². The van der Waals surface area contributed by atoms with Gasteiger partial charge in [-0.1, -0.05) is 6.92 Å². The van der Waals surface area contributed by atoms with E-state index in [1.54, 1.807) is 12.3 Å². The van der Waals surface area contributed by atoms with Crippen molar-refractivity contribution in [1.82, 2.24) is 0 Å².